The molecule has 0 N–H and O–H groups in total. The molecule has 0 bridgehead atoms. The molecule has 0 fully saturated rings. The van der Waals surface area contributed by atoms with Crippen LogP contribution in [-0.4, -0.2) is 78.0 Å². The van der Waals surface area contributed by atoms with Gasteiger partial charge in [-0.3, -0.25) is 0 Å². The molecule has 0 rings (SSSR count). The number of hydrogen-bond acceptors (Lipinski definition) is 2. The van der Waals surface area contributed by atoms with E-state index in [-0.39, 0.29) is 0 Å². The quantitative estimate of drug-likeness (QED) is 0.173. The first-order valence-corrected chi connectivity index (χ1v) is 8.50. The molecule has 39 heavy (non-hydrogen) atoms. The van der Waals surface area contributed by atoms with E-state index in [1.54, 1.807) is 0 Å². The second kappa shape index (κ2) is 9.19. The Morgan fingerprint density at radius 3 is 0.821 bits per heavy atom. The maximum atomic E-state index is 13.5. The van der Waals surface area contributed by atoms with Crippen LogP contribution in [0.4, 0.5) is 101 Å². The Bertz CT molecular complexity index is 912. The molecule has 0 spiro atoms. The summed E-state index contributed by atoms with van der Waals surface area (Å²) in [6.07, 6.45) is -8.12. The van der Waals surface area contributed by atoms with Crippen LogP contribution in [-0.2, 0) is 9.53 Å². The van der Waals surface area contributed by atoms with Crippen molar-refractivity contribution in [3.8, 4) is 0 Å². The van der Waals surface area contributed by atoms with Crippen molar-refractivity contribution in [2.45, 2.75) is 72.3 Å². The van der Waals surface area contributed by atoms with Crippen molar-refractivity contribution in [1.29, 1.82) is 0 Å². The molecule has 234 valence electrons. The molecule has 0 atom stereocenters. The number of alkyl halides is 23. The third kappa shape index (κ3) is 4.38. The summed E-state index contributed by atoms with van der Waals surface area (Å²) in [7, 11) is 0. The maximum Gasteiger partial charge on any atom is 0.460 e. The topological polar surface area (TPSA) is 26.3 Å². The molecule has 0 aliphatic carbocycles. The minimum Gasteiger partial charge on any atom is -0.461 e. The first-order chi connectivity index (χ1) is 16.5. The molecule has 2 nitrogen and oxygen atoms in total. The van der Waals surface area contributed by atoms with E-state index < -0.39 is 78.0 Å². The van der Waals surface area contributed by atoms with Crippen LogP contribution in [0.1, 0.15) is 6.92 Å². The summed E-state index contributed by atoms with van der Waals surface area (Å²) in [5, 5.41) is 0. The summed E-state index contributed by atoms with van der Waals surface area (Å²) in [5.74, 6) is -93.3. The van der Waals surface area contributed by atoms with Gasteiger partial charge in [0.25, 0.3) is 0 Å². The predicted octanol–water partition coefficient (Wildman–Crippen LogP) is 7.46. The highest BCUT2D eigenvalue weighted by Gasteiger charge is 2.99. The van der Waals surface area contributed by atoms with Crippen LogP contribution in [0.25, 0.3) is 0 Å². The Hall–Kier alpha value is -2.14. The highest BCUT2D eigenvalue weighted by Crippen LogP contribution is 2.67. The Labute approximate surface area is 197 Å². The first kappa shape index (κ1) is 36.9. The standard InChI is InChI=1S/C14H5F23O2/c1-2-39-3(38)4(15,16)5(17,18)6(19,20)7(21,22)8(23,24)9(25,26)10(27,28)11(29,30)12(31,32)13(33,34)14(35,36)37/h2H2,1H3. The Balaban J connectivity index is 7.23. The van der Waals surface area contributed by atoms with E-state index in [1.165, 1.54) is 0 Å². The lowest BCUT2D eigenvalue weighted by Crippen LogP contribution is -2.78. The van der Waals surface area contributed by atoms with Crippen LogP contribution in [0.2, 0.25) is 0 Å². The molecule has 0 heterocycles. The largest absolute Gasteiger partial charge is 0.461 e. The lowest BCUT2D eigenvalue weighted by atomic mass is 9.85. The smallest absolute Gasteiger partial charge is 0.460 e. The molecule has 0 unspecified atom stereocenters. The molecule has 0 aromatic heterocycles. The Morgan fingerprint density at radius 2 is 0.615 bits per heavy atom. The lowest BCUT2D eigenvalue weighted by Gasteiger charge is -2.44. The van der Waals surface area contributed by atoms with Gasteiger partial charge in [0.2, 0.25) is 0 Å². The summed E-state index contributed by atoms with van der Waals surface area (Å²) in [4.78, 5) is 10.7. The van der Waals surface area contributed by atoms with Gasteiger partial charge in [0, 0.05) is 0 Å². The van der Waals surface area contributed by atoms with Gasteiger partial charge in [-0.25, -0.2) is 4.79 Å². The predicted molar refractivity (Wildman–Crippen MR) is 72.2 cm³/mol. The van der Waals surface area contributed by atoms with E-state index >= 15 is 0 Å². The molecule has 25 heteroatoms. The van der Waals surface area contributed by atoms with Crippen LogP contribution in [0, 0.1) is 0 Å². The molecular weight excluding hydrogens is 637 g/mol. The molecule has 0 saturated carbocycles. The average molecular weight is 642 g/mol. The van der Waals surface area contributed by atoms with Gasteiger partial charge in [0.1, 0.15) is 0 Å². The minimum atomic E-state index is -9.48. The Kier molecular flexibility index (Phi) is 8.69. The van der Waals surface area contributed by atoms with Crippen molar-refractivity contribution < 1.29 is 111 Å². The molecule has 0 aliphatic rings. The van der Waals surface area contributed by atoms with Gasteiger partial charge in [-0.15, -0.1) is 0 Å². The zero-order valence-corrected chi connectivity index (χ0v) is 17.2. The van der Waals surface area contributed by atoms with E-state index in [4.69, 9.17) is 0 Å². The summed E-state index contributed by atoms with van der Waals surface area (Å²) in [5.41, 5.74) is 0. The van der Waals surface area contributed by atoms with Crippen molar-refractivity contribution in [2.75, 3.05) is 6.61 Å². The van der Waals surface area contributed by atoms with Gasteiger partial charge >= 0.3 is 71.4 Å². The molecule has 0 saturated heterocycles. The molecule has 0 aromatic rings. The number of esters is 1. The van der Waals surface area contributed by atoms with E-state index in [0.717, 1.165) is 0 Å². The van der Waals surface area contributed by atoms with Gasteiger partial charge in [0.05, 0.1) is 6.61 Å². The SMILES string of the molecule is CCOC(=O)C(F)(F)C(F)(F)C(F)(F)C(F)(F)C(F)(F)C(F)(F)C(F)(F)C(F)(F)C(F)(F)C(F)(F)C(F)(F)F. The van der Waals surface area contributed by atoms with Crippen LogP contribution < -0.4 is 0 Å². The second-order valence-electron chi connectivity index (χ2n) is 6.96. The van der Waals surface area contributed by atoms with Crippen molar-refractivity contribution >= 4 is 5.97 Å². The Morgan fingerprint density at radius 1 is 0.410 bits per heavy atom. The molecular formula is C14H5F23O2. The minimum absolute atomic E-state index is 0.425. The second-order valence-corrected chi connectivity index (χ2v) is 6.96. The van der Waals surface area contributed by atoms with E-state index in [2.05, 4.69) is 4.74 Å². The van der Waals surface area contributed by atoms with E-state index in [1.807, 2.05) is 0 Å². The lowest BCUT2D eigenvalue weighted by molar-refractivity contribution is -0.477. The molecule has 0 radical (unpaired) electrons. The van der Waals surface area contributed by atoms with E-state index in [0.29, 0.717) is 6.92 Å². The van der Waals surface area contributed by atoms with Gasteiger partial charge in [-0.1, -0.05) is 0 Å². The fourth-order valence-corrected chi connectivity index (χ4v) is 2.11. The molecule has 0 amide bonds. The third-order valence-corrected chi connectivity index (χ3v) is 4.44. The fourth-order valence-electron chi connectivity index (χ4n) is 2.11. The average Bonchev–Trinajstić information content (AvgIpc) is 2.71. The van der Waals surface area contributed by atoms with Crippen LogP contribution in [0.15, 0.2) is 0 Å². The van der Waals surface area contributed by atoms with Gasteiger partial charge in [0.15, 0.2) is 0 Å². The van der Waals surface area contributed by atoms with Gasteiger partial charge in [-0.05, 0) is 6.92 Å². The zero-order valence-electron chi connectivity index (χ0n) is 17.2. The van der Waals surface area contributed by atoms with Crippen molar-refractivity contribution in [1.82, 2.24) is 0 Å². The van der Waals surface area contributed by atoms with Crippen molar-refractivity contribution in [2.24, 2.45) is 0 Å². The van der Waals surface area contributed by atoms with Crippen molar-refractivity contribution in [3.63, 3.8) is 0 Å². The summed E-state index contributed by atoms with van der Waals surface area (Å²) < 4.78 is 305. The number of hydrogen-bond donors (Lipinski definition) is 0. The van der Waals surface area contributed by atoms with Crippen molar-refractivity contribution in [3.05, 3.63) is 0 Å². The van der Waals surface area contributed by atoms with Gasteiger partial charge < -0.3 is 4.74 Å². The summed E-state index contributed by atoms with van der Waals surface area (Å²) >= 11 is 0. The van der Waals surface area contributed by atoms with Gasteiger partial charge in [-0.2, -0.15) is 101 Å². The molecule has 0 aliphatic heterocycles. The number of rotatable bonds is 11. The summed E-state index contributed by atoms with van der Waals surface area (Å²) in [6, 6.07) is 0. The number of halogens is 23. The van der Waals surface area contributed by atoms with Crippen LogP contribution in [0.5, 0.6) is 0 Å². The number of carbonyl (C=O) groups excluding carboxylic acids is 1. The highest BCUT2D eigenvalue weighted by atomic mass is 19.4. The van der Waals surface area contributed by atoms with Crippen LogP contribution >= 0.6 is 0 Å². The zero-order chi connectivity index (χ0) is 32.5. The third-order valence-electron chi connectivity index (χ3n) is 4.44. The van der Waals surface area contributed by atoms with Crippen LogP contribution in [0.3, 0.4) is 0 Å². The normalized spacial score (nSPS) is 16.4. The number of carbonyl (C=O) groups is 1. The molecule has 0 aromatic carbocycles. The maximum absolute atomic E-state index is 13.5. The fraction of sp³-hybridized carbons (Fsp3) is 0.929. The monoisotopic (exact) mass is 642 g/mol. The highest BCUT2D eigenvalue weighted by molar-refractivity contribution is 5.79. The van der Waals surface area contributed by atoms with E-state index in [9.17, 15) is 106 Å². The first-order valence-electron chi connectivity index (χ1n) is 8.50. The number of ether oxygens (including phenoxy) is 1. The summed E-state index contributed by atoms with van der Waals surface area (Å²) in [6.45, 7) is -1.08.